The van der Waals surface area contributed by atoms with Gasteiger partial charge in [0.15, 0.2) is 0 Å². The highest BCUT2D eigenvalue weighted by Crippen LogP contribution is 2.29. The van der Waals surface area contributed by atoms with E-state index in [0.29, 0.717) is 6.61 Å². The number of hydrogen-bond donors (Lipinski definition) is 0. The molecule has 0 aromatic heterocycles. The first-order valence-electron chi connectivity index (χ1n) is 8.67. The van der Waals surface area contributed by atoms with Gasteiger partial charge in [0.05, 0.1) is 6.61 Å². The van der Waals surface area contributed by atoms with Gasteiger partial charge >= 0.3 is 0 Å². The van der Waals surface area contributed by atoms with Crippen LogP contribution in [0.15, 0.2) is 54.6 Å². The summed E-state index contributed by atoms with van der Waals surface area (Å²) >= 11 is 0. The molecule has 1 fully saturated rings. The highest BCUT2D eigenvalue weighted by molar-refractivity contribution is 5.63. The maximum Gasteiger partial charge on any atom is 0.123 e. The first-order chi connectivity index (χ1) is 11.9. The van der Waals surface area contributed by atoms with Gasteiger partial charge in [-0.25, -0.2) is 0 Å². The Morgan fingerprint density at radius 1 is 1.08 bits per heavy atom. The predicted molar refractivity (Wildman–Crippen MR) is 96.1 cm³/mol. The van der Waals surface area contributed by atoms with Crippen LogP contribution in [0.25, 0.3) is 6.08 Å². The summed E-state index contributed by atoms with van der Waals surface area (Å²) in [6.45, 7) is 4.26. The number of nitrogens with zero attached hydrogens (tertiary/aromatic N) is 1. The van der Waals surface area contributed by atoms with Crippen molar-refractivity contribution in [1.82, 2.24) is 4.90 Å². The molecule has 4 rings (SSSR count). The van der Waals surface area contributed by atoms with Crippen LogP contribution in [0.3, 0.4) is 0 Å². The van der Waals surface area contributed by atoms with Crippen molar-refractivity contribution in [3.05, 3.63) is 71.3 Å². The van der Waals surface area contributed by atoms with Crippen molar-refractivity contribution >= 4 is 6.08 Å². The van der Waals surface area contributed by atoms with Crippen LogP contribution >= 0.6 is 0 Å². The summed E-state index contributed by atoms with van der Waals surface area (Å²) in [6, 6.07) is 16.9. The summed E-state index contributed by atoms with van der Waals surface area (Å²) in [5.41, 5.74) is 3.93. The summed E-state index contributed by atoms with van der Waals surface area (Å²) in [4.78, 5) is 2.45. The van der Waals surface area contributed by atoms with E-state index in [0.717, 1.165) is 38.4 Å². The van der Waals surface area contributed by atoms with Crippen molar-refractivity contribution in [3.63, 3.8) is 0 Å². The van der Waals surface area contributed by atoms with Crippen LogP contribution in [0.1, 0.15) is 16.7 Å². The third kappa shape index (κ3) is 3.53. The van der Waals surface area contributed by atoms with E-state index in [9.17, 15) is 0 Å². The minimum atomic E-state index is 0.132. The second-order valence-electron chi connectivity index (χ2n) is 6.45. The average Bonchev–Trinajstić information content (AvgIpc) is 3.10. The Hall–Kier alpha value is -2.10. The van der Waals surface area contributed by atoms with Gasteiger partial charge < -0.3 is 9.47 Å². The van der Waals surface area contributed by atoms with Crippen molar-refractivity contribution in [2.24, 2.45) is 0 Å². The minimum Gasteiger partial charge on any atom is -0.491 e. The number of benzene rings is 2. The minimum absolute atomic E-state index is 0.132. The van der Waals surface area contributed by atoms with Crippen molar-refractivity contribution in [3.8, 4) is 5.75 Å². The lowest BCUT2D eigenvalue weighted by molar-refractivity contribution is -0.0505. The highest BCUT2D eigenvalue weighted by atomic mass is 16.5. The molecule has 0 amide bonds. The predicted octanol–water partition coefficient (Wildman–Crippen LogP) is 3.54. The molecule has 0 spiro atoms. The topological polar surface area (TPSA) is 21.7 Å². The fourth-order valence-corrected chi connectivity index (χ4v) is 3.45. The van der Waals surface area contributed by atoms with Crippen LogP contribution in [-0.2, 0) is 17.7 Å². The third-order valence-corrected chi connectivity index (χ3v) is 4.69. The zero-order valence-electron chi connectivity index (χ0n) is 13.9. The summed E-state index contributed by atoms with van der Waals surface area (Å²) in [6.07, 6.45) is 5.46. The maximum absolute atomic E-state index is 6.10. The van der Waals surface area contributed by atoms with E-state index in [-0.39, 0.29) is 6.10 Å². The van der Waals surface area contributed by atoms with Crippen LogP contribution < -0.4 is 4.74 Å². The summed E-state index contributed by atoms with van der Waals surface area (Å²) < 4.78 is 12.0. The third-order valence-electron chi connectivity index (χ3n) is 4.69. The van der Waals surface area contributed by atoms with E-state index in [1.807, 2.05) is 0 Å². The molecule has 1 aliphatic heterocycles. The molecule has 0 radical (unpaired) electrons. The van der Waals surface area contributed by atoms with Gasteiger partial charge in [0.25, 0.3) is 0 Å². The normalized spacial score (nSPS) is 20.1. The fraction of sp³-hybridized carbons (Fsp3) is 0.333. The fourth-order valence-electron chi connectivity index (χ4n) is 3.45. The van der Waals surface area contributed by atoms with Gasteiger partial charge in [-0.1, -0.05) is 54.6 Å². The van der Waals surface area contributed by atoms with Crippen molar-refractivity contribution in [2.75, 3.05) is 26.3 Å². The van der Waals surface area contributed by atoms with Crippen LogP contribution in [0.2, 0.25) is 0 Å². The summed E-state index contributed by atoms with van der Waals surface area (Å²) in [7, 11) is 0. The Bertz CT molecular complexity index is 711. The Labute approximate surface area is 143 Å². The standard InChI is InChI=1S/C21H23NO2/c1-2-6-17(7-3-1)14-22-12-13-23-19(15-22)16-24-21-11-5-9-18-8-4-10-20(18)21/h1-9,11,19H,10,12-16H2. The van der Waals surface area contributed by atoms with Gasteiger partial charge in [-0.2, -0.15) is 0 Å². The Balaban J connectivity index is 1.33. The average molecular weight is 321 g/mol. The molecule has 124 valence electrons. The smallest absolute Gasteiger partial charge is 0.123 e. The van der Waals surface area contributed by atoms with Crippen molar-refractivity contribution in [2.45, 2.75) is 19.1 Å². The molecule has 2 aromatic carbocycles. The first-order valence-corrected chi connectivity index (χ1v) is 8.67. The van der Waals surface area contributed by atoms with Gasteiger partial charge in [-0.15, -0.1) is 0 Å². The molecule has 1 atom stereocenters. The Kier molecular flexibility index (Phi) is 4.63. The number of allylic oxidation sites excluding steroid dienone is 1. The lowest BCUT2D eigenvalue weighted by Gasteiger charge is -2.33. The van der Waals surface area contributed by atoms with Crippen LogP contribution in [-0.4, -0.2) is 37.3 Å². The molecule has 3 heteroatoms. The first kappa shape index (κ1) is 15.4. The quantitative estimate of drug-likeness (QED) is 0.841. The molecular weight excluding hydrogens is 298 g/mol. The van der Waals surface area contributed by atoms with Crippen LogP contribution in [0.5, 0.6) is 5.75 Å². The molecule has 1 aliphatic carbocycles. The van der Waals surface area contributed by atoms with Gasteiger partial charge in [0, 0.05) is 25.2 Å². The molecule has 2 aromatic rings. The molecule has 0 saturated carbocycles. The largest absolute Gasteiger partial charge is 0.491 e. The SMILES string of the molecule is C1=Cc2cccc(OCC3CN(Cc4ccccc4)CCO3)c2C1. The van der Waals surface area contributed by atoms with E-state index in [4.69, 9.17) is 9.47 Å². The summed E-state index contributed by atoms with van der Waals surface area (Å²) in [5, 5.41) is 0. The molecule has 1 heterocycles. The van der Waals surface area contributed by atoms with E-state index in [2.05, 4.69) is 65.6 Å². The van der Waals surface area contributed by atoms with E-state index < -0.39 is 0 Å². The molecule has 0 bridgehead atoms. The Morgan fingerprint density at radius 3 is 2.92 bits per heavy atom. The maximum atomic E-state index is 6.10. The van der Waals surface area contributed by atoms with Crippen LogP contribution in [0.4, 0.5) is 0 Å². The molecule has 1 saturated heterocycles. The van der Waals surface area contributed by atoms with E-state index in [1.165, 1.54) is 16.7 Å². The van der Waals surface area contributed by atoms with Crippen molar-refractivity contribution in [1.29, 1.82) is 0 Å². The monoisotopic (exact) mass is 321 g/mol. The van der Waals surface area contributed by atoms with E-state index in [1.54, 1.807) is 0 Å². The number of ether oxygens (including phenoxy) is 2. The lowest BCUT2D eigenvalue weighted by atomic mass is 10.1. The zero-order chi connectivity index (χ0) is 16.2. The molecule has 0 N–H and O–H groups in total. The second kappa shape index (κ2) is 7.20. The number of fused-ring (bicyclic) bond motifs is 1. The molecule has 2 aliphatic rings. The molecule has 3 nitrogen and oxygen atoms in total. The molecular formula is C21H23NO2. The Morgan fingerprint density at radius 2 is 2.00 bits per heavy atom. The van der Waals surface area contributed by atoms with Crippen molar-refractivity contribution < 1.29 is 9.47 Å². The molecule has 24 heavy (non-hydrogen) atoms. The molecule has 1 unspecified atom stereocenters. The zero-order valence-corrected chi connectivity index (χ0v) is 13.9. The number of hydrogen-bond acceptors (Lipinski definition) is 3. The number of rotatable bonds is 5. The lowest BCUT2D eigenvalue weighted by Crippen LogP contribution is -2.44. The van der Waals surface area contributed by atoms with Gasteiger partial charge in [0.2, 0.25) is 0 Å². The second-order valence-corrected chi connectivity index (χ2v) is 6.45. The van der Waals surface area contributed by atoms with Gasteiger partial charge in [0.1, 0.15) is 18.5 Å². The highest BCUT2D eigenvalue weighted by Gasteiger charge is 2.22. The number of morpholine rings is 1. The van der Waals surface area contributed by atoms with Gasteiger partial charge in [-0.3, -0.25) is 4.90 Å². The summed E-state index contributed by atoms with van der Waals surface area (Å²) in [5.74, 6) is 1.00. The van der Waals surface area contributed by atoms with Crippen LogP contribution in [0, 0.1) is 0 Å². The van der Waals surface area contributed by atoms with Gasteiger partial charge in [-0.05, 0) is 23.6 Å². The van der Waals surface area contributed by atoms with E-state index >= 15 is 0 Å².